The maximum Gasteiger partial charge on any atom is 0.154 e. The van der Waals surface area contributed by atoms with Gasteiger partial charge in [-0.3, -0.25) is 0 Å². The van der Waals surface area contributed by atoms with Crippen molar-refractivity contribution in [2.24, 2.45) is 5.92 Å². The van der Waals surface area contributed by atoms with Crippen molar-refractivity contribution in [3.05, 3.63) is 24.2 Å². The van der Waals surface area contributed by atoms with Crippen LogP contribution < -0.4 is 4.90 Å². The van der Waals surface area contributed by atoms with Crippen LogP contribution in [0.3, 0.4) is 0 Å². The Morgan fingerprint density at radius 3 is 2.89 bits per heavy atom. The maximum absolute atomic E-state index is 5.92. The molecule has 0 atom stereocenters. The number of aryl methyl sites for hydroxylation is 1. The highest BCUT2D eigenvalue weighted by atomic mass is 35.5. The number of piperidine rings is 1. The highest BCUT2D eigenvalue weighted by Gasteiger charge is 2.21. The second-order valence-corrected chi connectivity index (χ2v) is 5.26. The molecule has 4 nitrogen and oxygen atoms in total. The molecule has 3 heterocycles. The second-order valence-electron chi connectivity index (χ2n) is 4.95. The largest absolute Gasteiger partial charge is 0.355 e. The van der Waals surface area contributed by atoms with Crippen LogP contribution in [0.2, 0.25) is 0 Å². The molecule has 0 spiro atoms. The quantitative estimate of drug-likeness (QED) is 0.782. The molecular formula is C13H17ClN4. The van der Waals surface area contributed by atoms with Crippen LogP contribution in [0.1, 0.15) is 18.5 Å². The van der Waals surface area contributed by atoms with Crippen molar-refractivity contribution < 1.29 is 0 Å². The lowest BCUT2D eigenvalue weighted by Crippen LogP contribution is -2.35. The molecule has 2 aromatic heterocycles. The zero-order valence-corrected chi connectivity index (χ0v) is 11.3. The van der Waals surface area contributed by atoms with Crippen LogP contribution in [0, 0.1) is 12.8 Å². The normalized spacial score (nSPS) is 17.6. The van der Waals surface area contributed by atoms with E-state index in [1.807, 2.05) is 23.8 Å². The number of aromatic nitrogens is 3. The number of anilines is 1. The number of nitrogens with zero attached hydrogens (tertiary/aromatic N) is 4. The molecule has 0 unspecified atom stereocenters. The topological polar surface area (TPSA) is 33.4 Å². The average molecular weight is 265 g/mol. The van der Waals surface area contributed by atoms with E-state index in [9.17, 15) is 0 Å². The van der Waals surface area contributed by atoms with Crippen LogP contribution >= 0.6 is 11.6 Å². The fraction of sp³-hybridized carbons (Fsp3) is 0.538. The molecular weight excluding hydrogens is 248 g/mol. The lowest BCUT2D eigenvalue weighted by atomic mass is 9.99. The summed E-state index contributed by atoms with van der Waals surface area (Å²) in [4.78, 5) is 6.87. The van der Waals surface area contributed by atoms with Crippen LogP contribution in [0.15, 0.2) is 18.5 Å². The molecule has 0 saturated carbocycles. The zero-order chi connectivity index (χ0) is 12.5. The number of hydrogen-bond acceptors (Lipinski definition) is 3. The summed E-state index contributed by atoms with van der Waals surface area (Å²) in [5.74, 6) is 2.48. The predicted octanol–water partition coefficient (Wildman–Crippen LogP) is 2.49. The van der Waals surface area contributed by atoms with Gasteiger partial charge in [0.2, 0.25) is 0 Å². The Balaban J connectivity index is 1.90. The molecule has 1 fully saturated rings. The minimum Gasteiger partial charge on any atom is -0.355 e. The first-order valence-corrected chi connectivity index (χ1v) is 6.93. The fourth-order valence-corrected chi connectivity index (χ4v) is 2.88. The lowest BCUT2D eigenvalue weighted by Gasteiger charge is -2.32. The molecule has 3 rings (SSSR count). The first-order chi connectivity index (χ1) is 8.78. The van der Waals surface area contributed by atoms with E-state index in [0.29, 0.717) is 5.92 Å². The Hall–Kier alpha value is -1.29. The van der Waals surface area contributed by atoms with E-state index >= 15 is 0 Å². The Labute approximate surface area is 112 Å². The molecule has 1 aliphatic rings. The van der Waals surface area contributed by atoms with Crippen molar-refractivity contribution in [3.63, 3.8) is 0 Å². The standard InChI is InChI=1S/C13H17ClN4/c1-10-8-12-13(15-4-7-18(12)16-10)17-5-2-11(9-14)3-6-17/h4,7-8,11H,2-3,5-6,9H2,1H3. The van der Waals surface area contributed by atoms with Gasteiger partial charge in [-0.1, -0.05) is 0 Å². The molecule has 96 valence electrons. The molecule has 0 amide bonds. The molecule has 1 aliphatic heterocycles. The Kier molecular flexibility index (Phi) is 3.12. The van der Waals surface area contributed by atoms with E-state index in [0.717, 1.165) is 48.8 Å². The Morgan fingerprint density at radius 1 is 1.39 bits per heavy atom. The van der Waals surface area contributed by atoms with Crippen molar-refractivity contribution in [3.8, 4) is 0 Å². The first-order valence-electron chi connectivity index (χ1n) is 6.40. The Morgan fingerprint density at radius 2 is 2.17 bits per heavy atom. The average Bonchev–Trinajstić information content (AvgIpc) is 2.79. The van der Waals surface area contributed by atoms with Crippen LogP contribution in [-0.2, 0) is 0 Å². The number of hydrogen-bond donors (Lipinski definition) is 0. The molecule has 0 N–H and O–H groups in total. The fourth-order valence-electron chi connectivity index (χ4n) is 2.57. The van der Waals surface area contributed by atoms with Gasteiger partial charge in [0.15, 0.2) is 5.82 Å². The van der Waals surface area contributed by atoms with Crippen molar-refractivity contribution in [2.45, 2.75) is 19.8 Å². The molecule has 2 aromatic rings. The van der Waals surface area contributed by atoms with Gasteiger partial charge in [0, 0.05) is 31.4 Å². The third kappa shape index (κ3) is 2.05. The number of rotatable bonds is 2. The van der Waals surface area contributed by atoms with Crippen LogP contribution in [0.5, 0.6) is 0 Å². The summed E-state index contributed by atoms with van der Waals surface area (Å²) < 4.78 is 1.91. The van der Waals surface area contributed by atoms with Gasteiger partial charge in [-0.25, -0.2) is 9.50 Å². The highest BCUT2D eigenvalue weighted by molar-refractivity contribution is 6.18. The van der Waals surface area contributed by atoms with Gasteiger partial charge in [-0.05, 0) is 31.7 Å². The van der Waals surface area contributed by atoms with Gasteiger partial charge >= 0.3 is 0 Å². The van der Waals surface area contributed by atoms with E-state index in [1.165, 1.54) is 0 Å². The third-order valence-electron chi connectivity index (χ3n) is 3.62. The van der Waals surface area contributed by atoms with Gasteiger partial charge in [-0.15, -0.1) is 11.6 Å². The molecule has 18 heavy (non-hydrogen) atoms. The minimum atomic E-state index is 0.661. The van der Waals surface area contributed by atoms with Crippen molar-refractivity contribution >= 4 is 22.9 Å². The van der Waals surface area contributed by atoms with Gasteiger partial charge in [0.1, 0.15) is 5.52 Å². The van der Waals surface area contributed by atoms with E-state index in [-0.39, 0.29) is 0 Å². The van der Waals surface area contributed by atoms with E-state index in [2.05, 4.69) is 21.0 Å². The third-order valence-corrected chi connectivity index (χ3v) is 4.06. The molecule has 0 bridgehead atoms. The van der Waals surface area contributed by atoms with Gasteiger partial charge in [0.05, 0.1) is 5.69 Å². The van der Waals surface area contributed by atoms with Crippen molar-refractivity contribution in [2.75, 3.05) is 23.9 Å². The predicted molar refractivity (Wildman–Crippen MR) is 73.4 cm³/mol. The smallest absolute Gasteiger partial charge is 0.154 e. The molecule has 0 radical (unpaired) electrons. The van der Waals surface area contributed by atoms with E-state index in [4.69, 9.17) is 11.6 Å². The summed E-state index contributed by atoms with van der Waals surface area (Å²) >= 11 is 5.92. The summed E-state index contributed by atoms with van der Waals surface area (Å²) in [6.45, 7) is 4.08. The highest BCUT2D eigenvalue weighted by Crippen LogP contribution is 2.25. The summed E-state index contributed by atoms with van der Waals surface area (Å²) in [6.07, 6.45) is 6.03. The van der Waals surface area contributed by atoms with Gasteiger partial charge < -0.3 is 4.90 Å². The molecule has 5 heteroatoms. The van der Waals surface area contributed by atoms with Crippen molar-refractivity contribution in [1.29, 1.82) is 0 Å². The first kappa shape index (κ1) is 11.8. The van der Waals surface area contributed by atoms with Crippen LogP contribution in [0.4, 0.5) is 5.82 Å². The summed E-state index contributed by atoms with van der Waals surface area (Å²) in [7, 11) is 0. The SMILES string of the molecule is Cc1cc2c(N3CCC(CCl)CC3)nccn2n1. The molecule has 0 aromatic carbocycles. The Bertz CT molecular complexity index is 543. The van der Waals surface area contributed by atoms with Gasteiger partial charge in [0.25, 0.3) is 0 Å². The summed E-state index contributed by atoms with van der Waals surface area (Å²) in [6, 6.07) is 2.09. The summed E-state index contributed by atoms with van der Waals surface area (Å²) in [5, 5.41) is 4.43. The number of fused-ring (bicyclic) bond motifs is 1. The second kappa shape index (κ2) is 4.76. The number of halogens is 1. The van der Waals surface area contributed by atoms with Crippen molar-refractivity contribution in [1.82, 2.24) is 14.6 Å². The molecule has 0 aliphatic carbocycles. The maximum atomic E-state index is 5.92. The van der Waals surface area contributed by atoms with E-state index in [1.54, 1.807) is 0 Å². The van der Waals surface area contributed by atoms with Crippen LogP contribution in [-0.4, -0.2) is 33.6 Å². The van der Waals surface area contributed by atoms with Crippen LogP contribution in [0.25, 0.3) is 5.52 Å². The number of alkyl halides is 1. The molecule has 1 saturated heterocycles. The minimum absolute atomic E-state index is 0.661. The zero-order valence-electron chi connectivity index (χ0n) is 10.5. The summed E-state index contributed by atoms with van der Waals surface area (Å²) in [5.41, 5.74) is 2.12. The lowest BCUT2D eigenvalue weighted by molar-refractivity contribution is 0.441. The monoisotopic (exact) mass is 264 g/mol. The van der Waals surface area contributed by atoms with Gasteiger partial charge in [-0.2, -0.15) is 5.10 Å². The van der Waals surface area contributed by atoms with E-state index < -0.39 is 0 Å².